The van der Waals surface area contributed by atoms with Crippen molar-refractivity contribution in [1.29, 1.82) is 0 Å². The van der Waals surface area contributed by atoms with Crippen LogP contribution in [-0.2, 0) is 0 Å². The van der Waals surface area contributed by atoms with Gasteiger partial charge in [-0.1, -0.05) is 18.2 Å². The van der Waals surface area contributed by atoms with Crippen molar-refractivity contribution in [2.24, 2.45) is 0 Å². The van der Waals surface area contributed by atoms with Crippen LogP contribution < -0.4 is 10.1 Å². The first-order valence-corrected chi connectivity index (χ1v) is 7.65. The molecule has 0 aliphatic rings. The largest absolute Gasteiger partial charge is 0.496 e. The molecule has 0 aliphatic heterocycles. The fourth-order valence-corrected chi connectivity index (χ4v) is 2.85. The highest BCUT2D eigenvalue weighted by atomic mass is 79.9. The van der Waals surface area contributed by atoms with Gasteiger partial charge in [0.05, 0.1) is 11.6 Å². The Hall–Kier alpha value is -1.39. The van der Waals surface area contributed by atoms with E-state index in [9.17, 15) is 4.39 Å². The number of hydrogen-bond acceptors (Lipinski definition) is 2. The summed E-state index contributed by atoms with van der Waals surface area (Å²) >= 11 is 3.49. The fraction of sp³-hybridized carbons (Fsp3) is 0.294. The highest BCUT2D eigenvalue weighted by Crippen LogP contribution is 2.29. The average Bonchev–Trinajstić information content (AvgIpc) is 2.47. The van der Waals surface area contributed by atoms with E-state index in [4.69, 9.17) is 4.74 Å². The van der Waals surface area contributed by atoms with Gasteiger partial charge in [-0.15, -0.1) is 0 Å². The van der Waals surface area contributed by atoms with Gasteiger partial charge in [0.25, 0.3) is 0 Å². The predicted molar refractivity (Wildman–Crippen MR) is 87.1 cm³/mol. The molecule has 21 heavy (non-hydrogen) atoms. The quantitative estimate of drug-likeness (QED) is 0.817. The molecule has 0 bridgehead atoms. The third-order valence-electron chi connectivity index (χ3n) is 3.52. The lowest BCUT2D eigenvalue weighted by Gasteiger charge is -2.21. The molecule has 2 aromatic rings. The van der Waals surface area contributed by atoms with Crippen molar-refractivity contribution in [3.8, 4) is 5.75 Å². The minimum atomic E-state index is -0.207. The average molecular weight is 352 g/mol. The molecule has 0 heterocycles. The maximum atomic E-state index is 13.3. The first-order chi connectivity index (χ1) is 10.0. The molecule has 2 unspecified atom stereocenters. The van der Waals surface area contributed by atoms with E-state index in [0.717, 1.165) is 21.3 Å². The molecule has 0 saturated heterocycles. The van der Waals surface area contributed by atoms with Crippen molar-refractivity contribution in [3.63, 3.8) is 0 Å². The second kappa shape index (κ2) is 7.05. The summed E-state index contributed by atoms with van der Waals surface area (Å²) in [5.41, 5.74) is 2.08. The lowest BCUT2D eigenvalue weighted by Crippen LogP contribution is -2.22. The van der Waals surface area contributed by atoms with Crippen LogP contribution in [0.5, 0.6) is 5.75 Å². The van der Waals surface area contributed by atoms with Crippen molar-refractivity contribution in [1.82, 2.24) is 5.32 Å². The first-order valence-electron chi connectivity index (χ1n) is 6.86. The van der Waals surface area contributed by atoms with Crippen LogP contribution in [0.4, 0.5) is 4.39 Å². The van der Waals surface area contributed by atoms with E-state index < -0.39 is 0 Å². The molecule has 0 amide bonds. The summed E-state index contributed by atoms with van der Waals surface area (Å²) in [5, 5.41) is 3.48. The standard InChI is InChI=1S/C17H19BrFNO/c1-11(13-5-4-6-15(19)9-13)20-12(2)14-7-8-17(21-3)16(18)10-14/h4-12,20H,1-3H3. The zero-order valence-electron chi connectivity index (χ0n) is 12.4. The van der Waals surface area contributed by atoms with Crippen LogP contribution in [0.2, 0.25) is 0 Å². The molecular weight excluding hydrogens is 333 g/mol. The van der Waals surface area contributed by atoms with Gasteiger partial charge in [0.1, 0.15) is 11.6 Å². The maximum absolute atomic E-state index is 13.3. The van der Waals surface area contributed by atoms with Crippen LogP contribution in [0, 0.1) is 5.82 Å². The Labute approximate surface area is 133 Å². The van der Waals surface area contributed by atoms with Crippen LogP contribution in [0.3, 0.4) is 0 Å². The number of methoxy groups -OCH3 is 1. The van der Waals surface area contributed by atoms with Crippen molar-refractivity contribution in [2.75, 3.05) is 7.11 Å². The summed E-state index contributed by atoms with van der Waals surface area (Å²) in [6.45, 7) is 4.12. The molecule has 0 spiro atoms. The number of ether oxygens (including phenoxy) is 1. The Kier molecular flexibility index (Phi) is 5.37. The van der Waals surface area contributed by atoms with E-state index in [1.165, 1.54) is 6.07 Å². The summed E-state index contributed by atoms with van der Waals surface area (Å²) in [6, 6.07) is 12.9. The van der Waals surface area contributed by atoms with Gasteiger partial charge in [-0.2, -0.15) is 0 Å². The highest BCUT2D eigenvalue weighted by molar-refractivity contribution is 9.10. The lowest BCUT2D eigenvalue weighted by molar-refractivity contribution is 0.411. The Balaban J connectivity index is 2.10. The number of benzene rings is 2. The highest BCUT2D eigenvalue weighted by Gasteiger charge is 2.13. The SMILES string of the molecule is COc1ccc(C(C)NC(C)c2cccc(F)c2)cc1Br. The van der Waals surface area contributed by atoms with E-state index in [-0.39, 0.29) is 17.9 Å². The summed E-state index contributed by atoms with van der Waals surface area (Å²) in [6.07, 6.45) is 0. The van der Waals surface area contributed by atoms with Gasteiger partial charge in [-0.05, 0) is 65.2 Å². The van der Waals surface area contributed by atoms with Gasteiger partial charge in [0, 0.05) is 12.1 Å². The lowest BCUT2D eigenvalue weighted by atomic mass is 10.0. The third-order valence-corrected chi connectivity index (χ3v) is 4.14. The Morgan fingerprint density at radius 2 is 1.71 bits per heavy atom. The Morgan fingerprint density at radius 3 is 2.29 bits per heavy atom. The molecular formula is C17H19BrFNO. The number of hydrogen-bond donors (Lipinski definition) is 1. The molecule has 0 radical (unpaired) electrons. The smallest absolute Gasteiger partial charge is 0.133 e. The molecule has 2 aromatic carbocycles. The van der Waals surface area contributed by atoms with Crippen molar-refractivity contribution in [2.45, 2.75) is 25.9 Å². The summed E-state index contributed by atoms with van der Waals surface area (Å²) < 4.78 is 19.4. The van der Waals surface area contributed by atoms with Crippen LogP contribution >= 0.6 is 15.9 Å². The normalized spacial score (nSPS) is 13.8. The molecule has 4 heteroatoms. The van der Waals surface area contributed by atoms with E-state index in [1.54, 1.807) is 19.2 Å². The molecule has 0 fully saturated rings. The second-order valence-electron chi connectivity index (χ2n) is 5.06. The summed E-state index contributed by atoms with van der Waals surface area (Å²) in [4.78, 5) is 0. The zero-order chi connectivity index (χ0) is 15.4. The second-order valence-corrected chi connectivity index (χ2v) is 5.91. The van der Waals surface area contributed by atoms with E-state index in [2.05, 4.69) is 28.2 Å². The van der Waals surface area contributed by atoms with Gasteiger partial charge in [-0.3, -0.25) is 0 Å². The number of rotatable bonds is 5. The topological polar surface area (TPSA) is 21.3 Å². The van der Waals surface area contributed by atoms with Crippen LogP contribution in [0.1, 0.15) is 37.1 Å². The first kappa shape index (κ1) is 16.0. The molecule has 0 aliphatic carbocycles. The maximum Gasteiger partial charge on any atom is 0.133 e. The Morgan fingerprint density at radius 1 is 1.05 bits per heavy atom. The third kappa shape index (κ3) is 4.05. The van der Waals surface area contributed by atoms with E-state index in [1.807, 2.05) is 31.2 Å². The number of nitrogens with one attached hydrogen (secondary N) is 1. The molecule has 0 aromatic heterocycles. The van der Waals surface area contributed by atoms with Gasteiger partial charge in [0.2, 0.25) is 0 Å². The molecule has 2 rings (SSSR count). The Bertz CT molecular complexity index is 617. The zero-order valence-corrected chi connectivity index (χ0v) is 13.9. The number of halogens is 2. The summed E-state index contributed by atoms with van der Waals surface area (Å²) in [5.74, 6) is 0.602. The van der Waals surface area contributed by atoms with Gasteiger partial charge in [0.15, 0.2) is 0 Å². The predicted octanol–water partition coefficient (Wildman–Crippen LogP) is 5.01. The van der Waals surface area contributed by atoms with Gasteiger partial charge in [-0.25, -0.2) is 4.39 Å². The van der Waals surface area contributed by atoms with E-state index in [0.29, 0.717) is 0 Å². The van der Waals surface area contributed by atoms with Crippen molar-refractivity contribution in [3.05, 3.63) is 63.9 Å². The van der Waals surface area contributed by atoms with Crippen LogP contribution in [0.25, 0.3) is 0 Å². The van der Waals surface area contributed by atoms with Crippen molar-refractivity contribution < 1.29 is 9.13 Å². The van der Waals surface area contributed by atoms with Gasteiger partial charge >= 0.3 is 0 Å². The minimum Gasteiger partial charge on any atom is -0.496 e. The minimum absolute atomic E-state index is 0.0663. The summed E-state index contributed by atoms with van der Waals surface area (Å²) in [7, 11) is 1.65. The monoisotopic (exact) mass is 351 g/mol. The molecule has 1 N–H and O–H groups in total. The molecule has 2 atom stereocenters. The van der Waals surface area contributed by atoms with E-state index >= 15 is 0 Å². The van der Waals surface area contributed by atoms with Gasteiger partial charge < -0.3 is 10.1 Å². The van der Waals surface area contributed by atoms with Crippen molar-refractivity contribution >= 4 is 15.9 Å². The van der Waals surface area contributed by atoms with Crippen LogP contribution in [-0.4, -0.2) is 7.11 Å². The molecule has 112 valence electrons. The van der Waals surface area contributed by atoms with Crippen LogP contribution in [0.15, 0.2) is 46.9 Å². The molecule has 2 nitrogen and oxygen atoms in total. The molecule has 0 saturated carbocycles. The fourth-order valence-electron chi connectivity index (χ4n) is 2.30.